The van der Waals surface area contributed by atoms with Crippen LogP contribution in [0.3, 0.4) is 0 Å². The topological polar surface area (TPSA) is 50.2 Å². The van der Waals surface area contributed by atoms with Crippen LogP contribution in [-0.4, -0.2) is 14.6 Å². The van der Waals surface area contributed by atoms with Crippen LogP contribution in [0.1, 0.15) is 0 Å². The molecule has 3 heterocycles. The van der Waals surface area contributed by atoms with E-state index < -0.39 is 0 Å². The summed E-state index contributed by atoms with van der Waals surface area (Å²) < 4.78 is 1.58. The quantitative estimate of drug-likeness (QED) is 0.675. The molecule has 0 unspecified atom stereocenters. The summed E-state index contributed by atoms with van der Waals surface area (Å²) in [4.78, 5) is 12.6. The lowest BCUT2D eigenvalue weighted by Gasteiger charge is -1.93. The Balaban J connectivity index is 2.43. The molecule has 3 aromatic heterocycles. The maximum Gasteiger partial charge on any atom is 0.258 e. The number of hydrogen-bond acceptors (Lipinski definition) is 3. The maximum absolute atomic E-state index is 11.7. The van der Waals surface area contributed by atoms with E-state index in [2.05, 4.69) is 10.2 Å². The zero-order chi connectivity index (χ0) is 10.3. The van der Waals surface area contributed by atoms with Gasteiger partial charge in [-0.05, 0) is 17.5 Å². The fourth-order valence-electron chi connectivity index (χ4n) is 1.53. The van der Waals surface area contributed by atoms with Crippen molar-refractivity contribution >= 4 is 17.0 Å². The van der Waals surface area contributed by atoms with Crippen molar-refractivity contribution in [3.8, 4) is 10.7 Å². The monoisotopic (exact) mass is 217 g/mol. The van der Waals surface area contributed by atoms with Crippen LogP contribution < -0.4 is 5.56 Å². The number of aromatic nitrogens is 3. The third-order valence-electron chi connectivity index (χ3n) is 2.18. The Morgan fingerprint density at radius 2 is 2.20 bits per heavy atom. The molecule has 0 spiro atoms. The van der Waals surface area contributed by atoms with Gasteiger partial charge >= 0.3 is 0 Å². The van der Waals surface area contributed by atoms with Gasteiger partial charge in [0, 0.05) is 6.07 Å². The van der Waals surface area contributed by atoms with Crippen LogP contribution in [-0.2, 0) is 0 Å². The summed E-state index contributed by atoms with van der Waals surface area (Å²) in [5.74, 6) is 0.672. The van der Waals surface area contributed by atoms with Crippen LogP contribution >= 0.6 is 11.3 Å². The molecular formula is C10H7N3OS. The SMILES string of the molecule is O=c1cccc2[nH]nc(-c3cccs3)n12. The fraction of sp³-hybridized carbons (Fsp3) is 0. The number of fused-ring (bicyclic) bond motifs is 1. The first-order chi connectivity index (χ1) is 7.36. The van der Waals surface area contributed by atoms with Crippen LogP contribution in [0.5, 0.6) is 0 Å². The summed E-state index contributed by atoms with van der Waals surface area (Å²) >= 11 is 1.56. The molecule has 0 aliphatic heterocycles. The van der Waals surface area contributed by atoms with Crippen molar-refractivity contribution in [2.24, 2.45) is 0 Å². The number of nitrogens with one attached hydrogen (secondary N) is 1. The summed E-state index contributed by atoms with van der Waals surface area (Å²) in [5, 5.41) is 8.95. The second-order valence-electron chi connectivity index (χ2n) is 3.11. The van der Waals surface area contributed by atoms with E-state index in [1.54, 1.807) is 21.8 Å². The zero-order valence-corrected chi connectivity index (χ0v) is 8.49. The van der Waals surface area contributed by atoms with E-state index in [0.717, 1.165) is 4.88 Å². The number of nitrogens with zero attached hydrogens (tertiary/aromatic N) is 2. The van der Waals surface area contributed by atoms with Gasteiger partial charge in [0.15, 0.2) is 5.82 Å². The second-order valence-corrected chi connectivity index (χ2v) is 4.06. The first-order valence-corrected chi connectivity index (χ1v) is 5.34. The number of pyridine rings is 1. The van der Waals surface area contributed by atoms with Crippen molar-refractivity contribution in [1.29, 1.82) is 0 Å². The molecule has 4 nitrogen and oxygen atoms in total. The summed E-state index contributed by atoms with van der Waals surface area (Å²) in [7, 11) is 0. The number of hydrogen-bond donors (Lipinski definition) is 1. The Morgan fingerprint density at radius 3 is 3.00 bits per heavy atom. The summed E-state index contributed by atoms with van der Waals surface area (Å²) in [6.07, 6.45) is 0. The van der Waals surface area contributed by atoms with Gasteiger partial charge in [0.1, 0.15) is 5.65 Å². The highest BCUT2D eigenvalue weighted by Crippen LogP contribution is 2.21. The van der Waals surface area contributed by atoms with Crippen LogP contribution in [0.2, 0.25) is 0 Å². The van der Waals surface area contributed by atoms with Crippen molar-refractivity contribution < 1.29 is 0 Å². The van der Waals surface area contributed by atoms with Gasteiger partial charge in [0.25, 0.3) is 5.56 Å². The van der Waals surface area contributed by atoms with E-state index in [1.165, 1.54) is 6.07 Å². The lowest BCUT2D eigenvalue weighted by molar-refractivity contribution is 1.10. The third kappa shape index (κ3) is 1.20. The van der Waals surface area contributed by atoms with Crippen molar-refractivity contribution in [3.05, 3.63) is 46.1 Å². The molecule has 3 rings (SSSR count). The number of rotatable bonds is 1. The van der Waals surface area contributed by atoms with Gasteiger partial charge in [0.05, 0.1) is 4.88 Å². The molecule has 0 saturated carbocycles. The minimum Gasteiger partial charge on any atom is -0.269 e. The van der Waals surface area contributed by atoms with E-state index in [-0.39, 0.29) is 5.56 Å². The second kappa shape index (κ2) is 3.06. The number of thiophene rings is 1. The minimum atomic E-state index is -0.0651. The van der Waals surface area contributed by atoms with Crippen molar-refractivity contribution in [2.75, 3.05) is 0 Å². The van der Waals surface area contributed by atoms with Crippen LogP contribution in [0.4, 0.5) is 0 Å². The van der Waals surface area contributed by atoms with Crippen molar-refractivity contribution in [2.45, 2.75) is 0 Å². The predicted molar refractivity (Wildman–Crippen MR) is 59.1 cm³/mol. The summed E-state index contributed by atoms with van der Waals surface area (Å²) in [6, 6.07) is 8.95. The Kier molecular flexibility index (Phi) is 1.72. The number of H-pyrrole nitrogens is 1. The summed E-state index contributed by atoms with van der Waals surface area (Å²) in [6.45, 7) is 0. The average molecular weight is 217 g/mol. The lowest BCUT2D eigenvalue weighted by Crippen LogP contribution is -2.10. The normalized spacial score (nSPS) is 10.9. The van der Waals surface area contributed by atoms with Gasteiger partial charge in [-0.1, -0.05) is 12.1 Å². The van der Waals surface area contributed by atoms with Gasteiger partial charge in [-0.25, -0.2) is 4.40 Å². The lowest BCUT2D eigenvalue weighted by atomic mass is 10.4. The predicted octanol–water partition coefficient (Wildman–Crippen LogP) is 1.75. The molecule has 0 amide bonds. The smallest absolute Gasteiger partial charge is 0.258 e. The van der Waals surface area contributed by atoms with Gasteiger partial charge < -0.3 is 0 Å². The van der Waals surface area contributed by atoms with Gasteiger partial charge in [-0.15, -0.1) is 11.3 Å². The molecule has 0 aliphatic carbocycles. The molecule has 15 heavy (non-hydrogen) atoms. The average Bonchev–Trinajstić information content (AvgIpc) is 2.85. The Morgan fingerprint density at radius 1 is 1.27 bits per heavy atom. The highest BCUT2D eigenvalue weighted by Gasteiger charge is 2.08. The molecule has 0 bridgehead atoms. The van der Waals surface area contributed by atoms with Crippen molar-refractivity contribution in [3.63, 3.8) is 0 Å². The molecule has 1 N–H and O–H groups in total. The van der Waals surface area contributed by atoms with Gasteiger partial charge in [-0.2, -0.15) is 5.10 Å². The zero-order valence-electron chi connectivity index (χ0n) is 7.68. The van der Waals surface area contributed by atoms with E-state index >= 15 is 0 Å². The van der Waals surface area contributed by atoms with E-state index in [4.69, 9.17) is 0 Å². The highest BCUT2D eigenvalue weighted by molar-refractivity contribution is 7.13. The molecule has 74 valence electrons. The standard InChI is InChI=1S/C10H7N3OS/c14-9-5-1-4-8-11-12-10(13(8)9)7-3-2-6-15-7/h1-6,11H. The number of aromatic amines is 1. The molecule has 0 saturated heterocycles. The van der Waals surface area contributed by atoms with E-state index in [9.17, 15) is 4.79 Å². The minimum absolute atomic E-state index is 0.0651. The van der Waals surface area contributed by atoms with Gasteiger partial charge in [0.2, 0.25) is 0 Å². The molecule has 5 heteroatoms. The highest BCUT2D eigenvalue weighted by atomic mass is 32.1. The first-order valence-electron chi connectivity index (χ1n) is 4.46. The summed E-state index contributed by atoms with van der Waals surface area (Å²) in [5.41, 5.74) is 0.649. The van der Waals surface area contributed by atoms with E-state index in [1.807, 2.05) is 23.6 Å². The molecule has 0 atom stereocenters. The molecule has 0 radical (unpaired) electrons. The Hall–Kier alpha value is -1.88. The molecular weight excluding hydrogens is 210 g/mol. The van der Waals surface area contributed by atoms with Crippen LogP contribution in [0, 0.1) is 0 Å². The van der Waals surface area contributed by atoms with Crippen molar-refractivity contribution in [1.82, 2.24) is 14.6 Å². The van der Waals surface area contributed by atoms with Crippen LogP contribution in [0.15, 0.2) is 40.5 Å². The molecule has 3 aromatic rings. The maximum atomic E-state index is 11.7. The van der Waals surface area contributed by atoms with Crippen LogP contribution in [0.25, 0.3) is 16.3 Å². The molecule has 0 fully saturated rings. The van der Waals surface area contributed by atoms with E-state index in [0.29, 0.717) is 11.5 Å². The van der Waals surface area contributed by atoms with Gasteiger partial charge in [-0.3, -0.25) is 9.89 Å². The molecule has 0 aromatic carbocycles. The molecule has 0 aliphatic rings. The fourth-order valence-corrected chi connectivity index (χ4v) is 2.23. The first kappa shape index (κ1) is 8.43. The Labute approximate surface area is 88.8 Å². The Bertz CT molecular complexity index is 651. The largest absolute Gasteiger partial charge is 0.269 e. The third-order valence-corrected chi connectivity index (χ3v) is 3.05.